The van der Waals surface area contributed by atoms with E-state index in [1.165, 1.54) is 18.2 Å². The molecule has 7 heteroatoms. The molecule has 0 amide bonds. The van der Waals surface area contributed by atoms with Gasteiger partial charge in [-0.25, -0.2) is 0 Å². The summed E-state index contributed by atoms with van der Waals surface area (Å²) in [5.74, 6) is -0.0233. The summed E-state index contributed by atoms with van der Waals surface area (Å²) in [6.45, 7) is -1.49. The fourth-order valence-corrected chi connectivity index (χ4v) is 2.30. The zero-order valence-corrected chi connectivity index (χ0v) is 10.5. The Morgan fingerprint density at radius 2 is 2.21 bits per heavy atom. The van der Waals surface area contributed by atoms with E-state index in [1.54, 1.807) is 0 Å². The fraction of sp³-hybridized carbons (Fsp3) is 0.500. The molecule has 106 valence electrons. The molecule has 1 aromatic rings. The van der Waals surface area contributed by atoms with E-state index in [9.17, 15) is 13.2 Å². The Labute approximate surface area is 117 Å². The topological polar surface area (TPSA) is 30.5 Å². The maximum atomic E-state index is 12.2. The van der Waals surface area contributed by atoms with Crippen LogP contribution in [0.3, 0.4) is 0 Å². The third kappa shape index (κ3) is 2.90. The normalized spacial score (nSPS) is 29.0. The number of nitrogens with one attached hydrogen (secondary N) is 1. The van der Waals surface area contributed by atoms with Gasteiger partial charge in [-0.1, -0.05) is 0 Å². The van der Waals surface area contributed by atoms with Gasteiger partial charge in [0, 0.05) is 14.4 Å². The van der Waals surface area contributed by atoms with Gasteiger partial charge < -0.3 is 14.8 Å². The number of hydrogen-bond donors (Lipinski definition) is 1. The molecule has 0 radical (unpaired) electrons. The van der Waals surface area contributed by atoms with Crippen molar-refractivity contribution in [1.82, 2.24) is 5.32 Å². The van der Waals surface area contributed by atoms with Gasteiger partial charge in [-0.2, -0.15) is 0 Å². The number of piperidine rings is 1. The van der Waals surface area contributed by atoms with E-state index in [0.717, 1.165) is 0 Å². The molecule has 2 heterocycles. The minimum absolute atomic E-state index is 0. The number of alkyl halides is 3. The van der Waals surface area contributed by atoms with Crippen molar-refractivity contribution in [3.8, 4) is 11.5 Å². The quantitative estimate of drug-likeness (QED) is 0.863. The van der Waals surface area contributed by atoms with Gasteiger partial charge in [-0.05, 0) is 31.5 Å². The molecule has 19 heavy (non-hydrogen) atoms. The van der Waals surface area contributed by atoms with Crippen LogP contribution in [0.5, 0.6) is 11.5 Å². The van der Waals surface area contributed by atoms with Crippen molar-refractivity contribution in [2.75, 3.05) is 6.50 Å². The second kappa shape index (κ2) is 5.09. The molecule has 0 aliphatic carbocycles. The first-order chi connectivity index (χ1) is 9.23. The second-order valence-corrected chi connectivity index (χ2v) is 4.24. The standard InChI is InChI=1S/C12H12F3NO2.ClH/c13-12(14,15)18-7-3-4-8-10(6-7)17-9-2-1-5-16-11(8)9;/h3-4,6,9,11,16H,1-2,5H2;1H/t9-,11-;/m0./s1/i5D2;. The summed E-state index contributed by atoms with van der Waals surface area (Å²) < 4.78 is 61.3. The van der Waals surface area contributed by atoms with Crippen molar-refractivity contribution < 1.29 is 25.4 Å². The highest BCUT2D eigenvalue weighted by molar-refractivity contribution is 5.85. The van der Waals surface area contributed by atoms with Crippen molar-refractivity contribution in [2.45, 2.75) is 31.3 Å². The number of halogens is 4. The largest absolute Gasteiger partial charge is 0.573 e. The molecule has 2 aliphatic rings. The van der Waals surface area contributed by atoms with Crippen LogP contribution in [0.2, 0.25) is 0 Å². The summed E-state index contributed by atoms with van der Waals surface area (Å²) in [5, 5.41) is 2.82. The summed E-state index contributed by atoms with van der Waals surface area (Å²) >= 11 is 0. The molecular weight excluding hydrogens is 283 g/mol. The smallest absolute Gasteiger partial charge is 0.488 e. The average Bonchev–Trinajstić information content (AvgIpc) is 2.62. The Hall–Kier alpha value is -1.14. The zero-order chi connectivity index (χ0) is 14.5. The first-order valence-electron chi connectivity index (χ1n) is 6.58. The Bertz CT molecular complexity index is 542. The van der Waals surface area contributed by atoms with Crippen LogP contribution in [-0.4, -0.2) is 19.0 Å². The molecular formula is C12H13ClF3NO2. The molecule has 3 nitrogen and oxygen atoms in total. The molecule has 0 bridgehead atoms. The SMILES string of the molecule is Cl.[2H]C1([2H])CC[C@@H]2Oc3cc(OC(F)(F)F)ccc3[C@@H]2N1. The van der Waals surface area contributed by atoms with Crippen LogP contribution in [0.1, 0.15) is 27.2 Å². The monoisotopic (exact) mass is 297 g/mol. The number of ether oxygens (including phenoxy) is 2. The summed E-state index contributed by atoms with van der Waals surface area (Å²) in [6, 6.07) is 3.55. The molecule has 1 saturated heterocycles. The van der Waals surface area contributed by atoms with Gasteiger partial charge in [-0.3, -0.25) is 0 Å². The summed E-state index contributed by atoms with van der Waals surface area (Å²) in [6.07, 6.45) is -4.19. The van der Waals surface area contributed by atoms with Gasteiger partial charge >= 0.3 is 6.36 Å². The van der Waals surface area contributed by atoms with E-state index in [0.29, 0.717) is 24.2 Å². The van der Waals surface area contributed by atoms with Crippen LogP contribution in [0.25, 0.3) is 0 Å². The molecule has 2 atom stereocenters. The predicted molar refractivity (Wildman–Crippen MR) is 64.8 cm³/mol. The van der Waals surface area contributed by atoms with Gasteiger partial charge in [0.05, 0.1) is 6.04 Å². The van der Waals surface area contributed by atoms with E-state index in [1.807, 2.05) is 0 Å². The van der Waals surface area contributed by atoms with Crippen molar-refractivity contribution in [2.24, 2.45) is 0 Å². The van der Waals surface area contributed by atoms with Crippen LogP contribution in [0.4, 0.5) is 13.2 Å². The number of hydrogen-bond acceptors (Lipinski definition) is 3. The van der Waals surface area contributed by atoms with Crippen LogP contribution in [0, 0.1) is 0 Å². The second-order valence-electron chi connectivity index (χ2n) is 4.24. The lowest BCUT2D eigenvalue weighted by atomic mass is 9.97. The molecule has 1 N–H and O–H groups in total. The van der Waals surface area contributed by atoms with Gasteiger partial charge in [0.25, 0.3) is 0 Å². The molecule has 0 spiro atoms. The third-order valence-electron chi connectivity index (χ3n) is 3.02. The van der Waals surface area contributed by atoms with E-state index < -0.39 is 12.9 Å². The highest BCUT2D eigenvalue weighted by Gasteiger charge is 2.37. The highest BCUT2D eigenvalue weighted by atomic mass is 35.5. The van der Waals surface area contributed by atoms with Crippen LogP contribution in [-0.2, 0) is 0 Å². The van der Waals surface area contributed by atoms with E-state index >= 15 is 0 Å². The first-order valence-corrected chi connectivity index (χ1v) is 5.58. The van der Waals surface area contributed by atoms with E-state index in [-0.39, 0.29) is 30.3 Å². The molecule has 1 fully saturated rings. The van der Waals surface area contributed by atoms with Crippen LogP contribution < -0.4 is 14.8 Å². The Balaban J connectivity index is 0.00000161. The predicted octanol–water partition coefficient (Wildman–Crippen LogP) is 3.19. The summed E-state index contributed by atoms with van der Waals surface area (Å²) in [5.41, 5.74) is 0.660. The molecule has 1 aromatic carbocycles. The lowest BCUT2D eigenvalue weighted by Crippen LogP contribution is -2.36. The maximum Gasteiger partial charge on any atom is 0.573 e. The number of rotatable bonds is 1. The van der Waals surface area contributed by atoms with Gasteiger partial charge in [0.2, 0.25) is 0 Å². The minimum Gasteiger partial charge on any atom is -0.488 e. The number of benzene rings is 1. The average molecular weight is 298 g/mol. The Morgan fingerprint density at radius 1 is 1.42 bits per heavy atom. The Morgan fingerprint density at radius 3 is 2.95 bits per heavy atom. The fourth-order valence-electron chi connectivity index (χ4n) is 2.30. The third-order valence-corrected chi connectivity index (χ3v) is 3.02. The molecule has 0 unspecified atom stereocenters. The molecule has 3 rings (SSSR count). The van der Waals surface area contributed by atoms with E-state index in [2.05, 4.69) is 10.1 Å². The lowest BCUT2D eigenvalue weighted by molar-refractivity contribution is -0.274. The van der Waals surface area contributed by atoms with Crippen LogP contribution in [0.15, 0.2) is 18.2 Å². The molecule has 0 saturated carbocycles. The van der Waals surface area contributed by atoms with Crippen molar-refractivity contribution in [3.63, 3.8) is 0 Å². The van der Waals surface area contributed by atoms with Crippen molar-refractivity contribution >= 4 is 12.4 Å². The first kappa shape index (κ1) is 11.7. The summed E-state index contributed by atoms with van der Waals surface area (Å²) in [4.78, 5) is 0. The maximum absolute atomic E-state index is 12.2. The molecule has 0 aromatic heterocycles. The Kier molecular flexibility index (Phi) is 3.13. The van der Waals surface area contributed by atoms with Gasteiger partial charge in [0.1, 0.15) is 17.6 Å². The highest BCUT2D eigenvalue weighted by Crippen LogP contribution is 2.42. The van der Waals surface area contributed by atoms with E-state index in [4.69, 9.17) is 7.48 Å². The van der Waals surface area contributed by atoms with Crippen molar-refractivity contribution in [3.05, 3.63) is 23.8 Å². The van der Waals surface area contributed by atoms with Crippen LogP contribution >= 0.6 is 12.4 Å². The summed E-state index contributed by atoms with van der Waals surface area (Å²) in [7, 11) is 0. The minimum atomic E-state index is -4.74. The number of fused-ring (bicyclic) bond motifs is 3. The van der Waals surface area contributed by atoms with Gasteiger partial charge in [0.15, 0.2) is 0 Å². The zero-order valence-electron chi connectivity index (χ0n) is 11.7. The lowest BCUT2D eigenvalue weighted by Gasteiger charge is -2.25. The van der Waals surface area contributed by atoms with Gasteiger partial charge in [-0.15, -0.1) is 25.6 Å². The molecule has 2 aliphatic heterocycles. The van der Waals surface area contributed by atoms with Crippen molar-refractivity contribution in [1.29, 1.82) is 0 Å².